The summed E-state index contributed by atoms with van der Waals surface area (Å²) < 4.78 is 0. The molecule has 3 nitrogen and oxygen atoms in total. The lowest BCUT2D eigenvalue weighted by Crippen LogP contribution is -2.01. The molecule has 0 unspecified atom stereocenters. The Morgan fingerprint density at radius 2 is 0.553 bits per heavy atom. The Kier molecular flexibility index (Phi) is 7.78. The maximum absolute atomic E-state index is 12.0. The van der Waals surface area contributed by atoms with E-state index in [0.29, 0.717) is 16.7 Å². The van der Waals surface area contributed by atoms with Crippen molar-refractivity contribution in [1.82, 2.24) is 0 Å². The summed E-state index contributed by atoms with van der Waals surface area (Å²) >= 11 is 0. The number of benzene rings is 4. The standard InChI is InChI=1S/C35H30O3/c1-22(2)26-6-14-30(15-7-26)34(31-16-8-27(9-17-31)23(3)36)35(32-18-10-28(11-19-32)24(4)37)33-20-12-29(13-21-33)25(5)38/h6-21H,1H2,2-5H3. The van der Waals surface area contributed by atoms with Gasteiger partial charge < -0.3 is 0 Å². The van der Waals surface area contributed by atoms with E-state index in [-0.39, 0.29) is 17.3 Å². The molecule has 0 radical (unpaired) electrons. The highest BCUT2D eigenvalue weighted by molar-refractivity contribution is 6.06. The lowest BCUT2D eigenvalue weighted by atomic mass is 9.84. The van der Waals surface area contributed by atoms with Crippen LogP contribution in [0.25, 0.3) is 16.7 Å². The van der Waals surface area contributed by atoms with Crippen molar-refractivity contribution in [1.29, 1.82) is 0 Å². The molecule has 0 N–H and O–H groups in total. The third-order valence-electron chi connectivity index (χ3n) is 6.66. The number of rotatable bonds is 8. The van der Waals surface area contributed by atoms with Crippen LogP contribution in [-0.4, -0.2) is 17.3 Å². The van der Waals surface area contributed by atoms with E-state index in [1.54, 1.807) is 20.8 Å². The number of hydrogen-bond donors (Lipinski definition) is 0. The monoisotopic (exact) mass is 498 g/mol. The Labute approximate surface area is 224 Å². The smallest absolute Gasteiger partial charge is 0.159 e. The number of allylic oxidation sites excluding steroid dienone is 1. The first-order valence-electron chi connectivity index (χ1n) is 12.5. The second-order valence-electron chi connectivity index (χ2n) is 9.51. The predicted molar refractivity (Wildman–Crippen MR) is 156 cm³/mol. The van der Waals surface area contributed by atoms with Crippen molar-refractivity contribution in [2.24, 2.45) is 0 Å². The molecule has 3 heteroatoms. The maximum atomic E-state index is 12.0. The van der Waals surface area contributed by atoms with Gasteiger partial charge in [0.15, 0.2) is 17.3 Å². The highest BCUT2D eigenvalue weighted by Crippen LogP contribution is 2.37. The molecule has 4 aromatic carbocycles. The summed E-state index contributed by atoms with van der Waals surface area (Å²) in [5.41, 5.74) is 9.67. The Morgan fingerprint density at radius 1 is 0.368 bits per heavy atom. The van der Waals surface area contributed by atoms with E-state index in [1.165, 1.54) is 0 Å². The fraction of sp³-hybridized carbons (Fsp3) is 0.114. The van der Waals surface area contributed by atoms with Crippen molar-refractivity contribution in [3.63, 3.8) is 0 Å². The van der Waals surface area contributed by atoms with Crippen molar-refractivity contribution in [3.8, 4) is 0 Å². The van der Waals surface area contributed by atoms with Gasteiger partial charge in [-0.2, -0.15) is 0 Å². The third-order valence-corrected chi connectivity index (χ3v) is 6.66. The second kappa shape index (κ2) is 11.2. The van der Waals surface area contributed by atoms with Crippen LogP contribution in [-0.2, 0) is 0 Å². The summed E-state index contributed by atoms with van der Waals surface area (Å²) in [5, 5.41) is 0. The first-order valence-corrected chi connectivity index (χ1v) is 12.5. The molecule has 0 saturated heterocycles. The van der Waals surface area contributed by atoms with Crippen LogP contribution in [0, 0.1) is 0 Å². The molecule has 0 atom stereocenters. The van der Waals surface area contributed by atoms with Gasteiger partial charge in [-0.15, -0.1) is 0 Å². The van der Waals surface area contributed by atoms with Gasteiger partial charge in [-0.05, 0) is 66.7 Å². The van der Waals surface area contributed by atoms with Crippen LogP contribution in [0.4, 0.5) is 0 Å². The van der Waals surface area contributed by atoms with Crippen molar-refractivity contribution >= 4 is 34.1 Å². The zero-order chi connectivity index (χ0) is 27.4. The van der Waals surface area contributed by atoms with Crippen LogP contribution in [0.5, 0.6) is 0 Å². The number of ketones is 3. The van der Waals surface area contributed by atoms with Gasteiger partial charge in [-0.25, -0.2) is 0 Å². The summed E-state index contributed by atoms with van der Waals surface area (Å²) in [4.78, 5) is 35.9. The molecule has 4 rings (SSSR count). The summed E-state index contributed by atoms with van der Waals surface area (Å²) in [6.45, 7) is 10.7. The highest BCUT2D eigenvalue weighted by atomic mass is 16.1. The average Bonchev–Trinajstić information content (AvgIpc) is 2.92. The summed E-state index contributed by atoms with van der Waals surface area (Å²) in [5.74, 6) is 0.0133. The molecule has 0 bridgehead atoms. The van der Waals surface area contributed by atoms with Crippen LogP contribution in [0.1, 0.15) is 86.6 Å². The van der Waals surface area contributed by atoms with E-state index in [2.05, 4.69) is 30.8 Å². The largest absolute Gasteiger partial charge is 0.295 e. The highest BCUT2D eigenvalue weighted by Gasteiger charge is 2.18. The van der Waals surface area contributed by atoms with Crippen LogP contribution in [0.2, 0.25) is 0 Å². The molecule has 0 aliphatic carbocycles. The first kappa shape index (κ1) is 26.4. The van der Waals surface area contributed by atoms with Crippen LogP contribution in [0.3, 0.4) is 0 Å². The molecule has 4 aromatic rings. The number of carbonyl (C=O) groups excluding carboxylic acids is 3. The van der Waals surface area contributed by atoms with Gasteiger partial charge in [-0.1, -0.05) is 109 Å². The number of Topliss-reactive ketones (excluding diaryl/α,β-unsaturated/α-hetero) is 3. The second-order valence-corrected chi connectivity index (χ2v) is 9.51. The van der Waals surface area contributed by atoms with Crippen molar-refractivity contribution in [2.45, 2.75) is 27.7 Å². The molecule has 0 aliphatic rings. The van der Waals surface area contributed by atoms with Gasteiger partial charge in [0.05, 0.1) is 0 Å². The van der Waals surface area contributed by atoms with E-state index in [4.69, 9.17) is 0 Å². The van der Waals surface area contributed by atoms with E-state index < -0.39 is 0 Å². The maximum Gasteiger partial charge on any atom is 0.159 e. The molecular formula is C35H30O3. The zero-order valence-corrected chi connectivity index (χ0v) is 22.2. The SMILES string of the molecule is C=C(C)c1ccc(C(=C(c2ccc(C(C)=O)cc2)c2ccc(C(C)=O)cc2)c2ccc(C(C)=O)cc2)cc1. The molecule has 0 spiro atoms. The fourth-order valence-electron chi connectivity index (χ4n) is 4.45. The van der Waals surface area contributed by atoms with Crippen molar-refractivity contribution in [3.05, 3.63) is 148 Å². The van der Waals surface area contributed by atoms with Crippen molar-refractivity contribution < 1.29 is 14.4 Å². The van der Waals surface area contributed by atoms with Gasteiger partial charge in [0.2, 0.25) is 0 Å². The first-order chi connectivity index (χ1) is 18.2. The molecule has 0 aromatic heterocycles. The lowest BCUT2D eigenvalue weighted by molar-refractivity contribution is 0.100. The Balaban J connectivity index is 2.06. The van der Waals surface area contributed by atoms with Crippen LogP contribution < -0.4 is 0 Å². The van der Waals surface area contributed by atoms with Gasteiger partial charge in [0, 0.05) is 16.7 Å². The predicted octanol–water partition coefficient (Wildman–Crippen LogP) is 8.33. The molecule has 0 heterocycles. The van der Waals surface area contributed by atoms with Crippen molar-refractivity contribution in [2.75, 3.05) is 0 Å². The van der Waals surface area contributed by atoms with Crippen LogP contribution in [0.15, 0.2) is 104 Å². The Morgan fingerprint density at radius 3 is 0.737 bits per heavy atom. The molecule has 0 amide bonds. The van der Waals surface area contributed by atoms with Gasteiger partial charge in [0.1, 0.15) is 0 Å². The molecule has 0 aliphatic heterocycles. The quantitative estimate of drug-likeness (QED) is 0.181. The van der Waals surface area contributed by atoms with E-state index in [9.17, 15) is 14.4 Å². The van der Waals surface area contributed by atoms with Crippen LogP contribution >= 0.6 is 0 Å². The minimum Gasteiger partial charge on any atom is -0.295 e. The average molecular weight is 499 g/mol. The summed E-state index contributed by atoms with van der Waals surface area (Å²) in [6.07, 6.45) is 0. The third kappa shape index (κ3) is 5.68. The summed E-state index contributed by atoms with van der Waals surface area (Å²) in [6, 6.07) is 31.0. The topological polar surface area (TPSA) is 51.2 Å². The van der Waals surface area contributed by atoms with Gasteiger partial charge >= 0.3 is 0 Å². The zero-order valence-electron chi connectivity index (χ0n) is 22.2. The summed E-state index contributed by atoms with van der Waals surface area (Å²) in [7, 11) is 0. The Hall–Kier alpha value is -4.63. The normalized spacial score (nSPS) is 10.5. The fourth-order valence-corrected chi connectivity index (χ4v) is 4.45. The number of carbonyl (C=O) groups is 3. The molecule has 38 heavy (non-hydrogen) atoms. The Bertz CT molecular complexity index is 1310. The van der Waals surface area contributed by atoms with E-state index in [0.717, 1.165) is 44.5 Å². The van der Waals surface area contributed by atoms with E-state index >= 15 is 0 Å². The minimum absolute atomic E-state index is 0.00307. The van der Waals surface area contributed by atoms with Gasteiger partial charge in [0.25, 0.3) is 0 Å². The van der Waals surface area contributed by atoms with E-state index in [1.807, 2.05) is 79.7 Å². The number of hydrogen-bond acceptors (Lipinski definition) is 3. The molecule has 0 fully saturated rings. The minimum atomic E-state index is 0.00307. The molecule has 0 saturated carbocycles. The molecular weight excluding hydrogens is 468 g/mol. The lowest BCUT2D eigenvalue weighted by Gasteiger charge is -2.19. The van der Waals surface area contributed by atoms with Gasteiger partial charge in [-0.3, -0.25) is 14.4 Å². The molecule has 188 valence electrons.